The number of fused-ring (bicyclic) bond motifs is 4. The summed E-state index contributed by atoms with van der Waals surface area (Å²) in [6, 6.07) is 12.3. The quantitative estimate of drug-likeness (QED) is 0.102. The molecule has 4 aliphatic rings. The number of carbonyl (C=O) groups excluding carboxylic acids is 4. The molecule has 0 saturated heterocycles. The van der Waals surface area contributed by atoms with Crippen LogP contribution in [0.25, 0.3) is 0 Å². The lowest BCUT2D eigenvalue weighted by Gasteiger charge is -2.31. The Morgan fingerprint density at radius 3 is 2.26 bits per heavy atom. The van der Waals surface area contributed by atoms with Crippen LogP contribution in [0, 0.1) is 13.8 Å². The van der Waals surface area contributed by atoms with E-state index < -0.39 is 36.4 Å². The molecule has 0 aromatic heterocycles. The SMILES string of the molecule is C=CCOC(=O)N1c2cc(OCCCCCOc3cc4c(cc3OC)C(O)=[N+]3C=C(C)C[C@H]3C(=O)N4C(=O)OCc3ccc(C)cc3)c(C)cc2C(=O)N2C=C(C)C[C@H]2[C@@H]1O. The van der Waals surface area contributed by atoms with E-state index in [1.54, 1.807) is 30.6 Å². The molecule has 3 aromatic carbocycles. The molecule has 15 heteroatoms. The number of hydrogen-bond acceptors (Lipinski definition) is 10. The van der Waals surface area contributed by atoms with Crippen molar-refractivity contribution in [3.63, 3.8) is 0 Å². The predicted molar refractivity (Wildman–Crippen MR) is 225 cm³/mol. The average molecular weight is 836 g/mol. The second-order valence-electron chi connectivity index (χ2n) is 15.7. The van der Waals surface area contributed by atoms with Gasteiger partial charge in [0.25, 0.3) is 5.91 Å². The number of hydrogen-bond donors (Lipinski definition) is 2. The molecule has 0 fully saturated rings. The fraction of sp³-hybridized carbons (Fsp3) is 0.370. The van der Waals surface area contributed by atoms with Crippen molar-refractivity contribution >= 4 is 41.3 Å². The predicted octanol–water partition coefficient (Wildman–Crippen LogP) is 7.20. The molecule has 2 N–H and O–H groups in total. The van der Waals surface area contributed by atoms with Crippen molar-refractivity contribution in [3.8, 4) is 17.2 Å². The van der Waals surface area contributed by atoms with Crippen LogP contribution in [0.1, 0.15) is 78.6 Å². The van der Waals surface area contributed by atoms with Crippen LogP contribution in [0.2, 0.25) is 0 Å². The summed E-state index contributed by atoms with van der Waals surface area (Å²) >= 11 is 0. The third-order valence-corrected chi connectivity index (χ3v) is 11.1. The molecule has 0 bridgehead atoms. The first-order valence-corrected chi connectivity index (χ1v) is 20.3. The molecular formula is C46H51N4O11+. The fourth-order valence-electron chi connectivity index (χ4n) is 7.95. The first kappa shape index (κ1) is 42.5. The smallest absolute Gasteiger partial charge is 0.421 e. The summed E-state index contributed by atoms with van der Waals surface area (Å²) in [5.41, 5.74) is 4.99. The molecule has 15 nitrogen and oxygen atoms in total. The van der Waals surface area contributed by atoms with Crippen molar-refractivity contribution in [2.45, 2.75) is 84.7 Å². The summed E-state index contributed by atoms with van der Waals surface area (Å²) in [6.07, 6.45) is 4.38. The van der Waals surface area contributed by atoms with Crippen molar-refractivity contribution in [1.82, 2.24) is 4.90 Å². The summed E-state index contributed by atoms with van der Waals surface area (Å²) in [5, 5.41) is 22.9. The van der Waals surface area contributed by atoms with Crippen molar-refractivity contribution in [3.05, 3.63) is 113 Å². The zero-order valence-electron chi connectivity index (χ0n) is 35.0. The number of aliphatic hydroxyl groups excluding tert-OH is 2. The number of aryl methyl sites for hydroxylation is 2. The number of carbonyl (C=O) groups is 4. The van der Waals surface area contributed by atoms with Gasteiger partial charge in [-0.1, -0.05) is 48.1 Å². The first-order valence-electron chi connectivity index (χ1n) is 20.3. The lowest BCUT2D eigenvalue weighted by atomic mass is 10.1. The van der Waals surface area contributed by atoms with Gasteiger partial charge in [-0.15, -0.1) is 0 Å². The Bertz CT molecular complexity index is 2350. The summed E-state index contributed by atoms with van der Waals surface area (Å²) in [7, 11) is 1.47. The highest BCUT2D eigenvalue weighted by Gasteiger charge is 2.48. The maximum atomic E-state index is 14.1. The van der Waals surface area contributed by atoms with Crippen molar-refractivity contribution < 1.29 is 57.7 Å². The van der Waals surface area contributed by atoms with Crippen LogP contribution >= 0.6 is 0 Å². The van der Waals surface area contributed by atoms with Gasteiger partial charge >= 0.3 is 24.0 Å². The van der Waals surface area contributed by atoms with E-state index in [1.807, 2.05) is 52.0 Å². The van der Waals surface area contributed by atoms with Gasteiger partial charge in [0.1, 0.15) is 24.5 Å². The lowest BCUT2D eigenvalue weighted by Crippen LogP contribution is -2.50. The highest BCUT2D eigenvalue weighted by atomic mass is 16.6. The van der Waals surface area contributed by atoms with E-state index in [2.05, 4.69) is 6.58 Å². The Morgan fingerprint density at radius 2 is 1.56 bits per heavy atom. The van der Waals surface area contributed by atoms with Crippen molar-refractivity contribution in [2.24, 2.45) is 0 Å². The van der Waals surface area contributed by atoms with Crippen LogP contribution < -0.4 is 24.0 Å². The van der Waals surface area contributed by atoms with Crippen LogP contribution in [0.5, 0.6) is 17.2 Å². The minimum Gasteiger partial charge on any atom is -0.493 e. The number of anilines is 2. The van der Waals surface area contributed by atoms with E-state index in [-0.39, 0.29) is 59.9 Å². The minimum atomic E-state index is -1.37. The largest absolute Gasteiger partial charge is 0.493 e. The summed E-state index contributed by atoms with van der Waals surface area (Å²) in [4.78, 5) is 58.4. The highest BCUT2D eigenvalue weighted by Crippen LogP contribution is 2.41. The topological polar surface area (TPSA) is 168 Å². The molecule has 7 rings (SSSR count). The third kappa shape index (κ3) is 8.55. The van der Waals surface area contributed by atoms with Crippen molar-refractivity contribution in [1.29, 1.82) is 0 Å². The summed E-state index contributed by atoms with van der Waals surface area (Å²) in [6.45, 7) is 11.5. The zero-order valence-corrected chi connectivity index (χ0v) is 35.0. The second-order valence-corrected chi connectivity index (χ2v) is 15.7. The van der Waals surface area contributed by atoms with Gasteiger partial charge in [-0.05, 0) is 76.1 Å². The van der Waals surface area contributed by atoms with E-state index >= 15 is 0 Å². The fourth-order valence-corrected chi connectivity index (χ4v) is 7.95. The van der Waals surface area contributed by atoms with Crippen LogP contribution in [-0.4, -0.2) is 94.8 Å². The molecule has 3 atom stereocenters. The second kappa shape index (κ2) is 17.9. The molecule has 0 aliphatic carbocycles. The number of unbranched alkanes of at least 4 members (excludes halogenated alkanes) is 2. The molecule has 4 aliphatic heterocycles. The number of amides is 4. The molecule has 320 valence electrons. The Morgan fingerprint density at radius 1 is 0.852 bits per heavy atom. The van der Waals surface area contributed by atoms with Crippen LogP contribution in [0.3, 0.4) is 0 Å². The van der Waals surface area contributed by atoms with Gasteiger partial charge in [0.05, 0.1) is 43.3 Å². The maximum Gasteiger partial charge on any atom is 0.421 e. The molecule has 0 radical (unpaired) electrons. The number of aliphatic hydroxyl groups is 2. The Kier molecular flexibility index (Phi) is 12.5. The molecule has 0 unspecified atom stereocenters. The van der Waals surface area contributed by atoms with Gasteiger partial charge in [0.2, 0.25) is 6.04 Å². The number of methoxy groups -OCH3 is 1. The highest BCUT2D eigenvalue weighted by molar-refractivity contribution is 6.18. The zero-order chi connectivity index (χ0) is 43.5. The minimum absolute atomic E-state index is 0.0580. The van der Waals surface area contributed by atoms with E-state index in [9.17, 15) is 29.4 Å². The van der Waals surface area contributed by atoms with Gasteiger partial charge in [-0.25, -0.2) is 19.4 Å². The van der Waals surface area contributed by atoms with Gasteiger partial charge in [-0.2, -0.15) is 4.58 Å². The van der Waals surface area contributed by atoms with E-state index in [4.69, 9.17) is 23.7 Å². The number of ether oxygens (including phenoxy) is 5. The first-order chi connectivity index (χ1) is 29.3. The molecular weight excluding hydrogens is 785 g/mol. The van der Waals surface area contributed by atoms with E-state index in [0.29, 0.717) is 55.8 Å². The van der Waals surface area contributed by atoms with Gasteiger partial charge < -0.3 is 38.8 Å². The van der Waals surface area contributed by atoms with Crippen molar-refractivity contribution in [2.75, 3.05) is 36.7 Å². The van der Waals surface area contributed by atoms with Crippen LogP contribution in [-0.2, 0) is 20.9 Å². The third-order valence-electron chi connectivity index (χ3n) is 11.1. The number of benzene rings is 3. The number of imide groups is 1. The van der Waals surface area contributed by atoms with Gasteiger partial charge in [0.15, 0.2) is 23.9 Å². The van der Waals surface area contributed by atoms with Gasteiger partial charge in [0, 0.05) is 30.8 Å². The monoisotopic (exact) mass is 835 g/mol. The van der Waals surface area contributed by atoms with E-state index in [0.717, 1.165) is 32.1 Å². The standard InChI is InChI=1S/C46H50N4O11/c1-7-15-60-45(55)49-34-22-38(30(5)20-32(34)41(51)47-24-28(3)18-36(47)43(49)53)58-16-9-8-10-17-59-40-23-35-33(21-39(40)57-6)42(52)48-25-29(4)19-37(48)44(54)50(35)46(56)61-26-31-13-11-27(2)12-14-31/h7,11-14,20-25,36-37,43,53H,1,8-10,15-19,26H2,2-6H3/p+1/t36-,37-,43-/m0/s1. The van der Waals surface area contributed by atoms with Crippen LogP contribution in [0.15, 0.2) is 84.7 Å². The molecule has 4 amide bonds. The molecule has 3 aromatic rings. The molecule has 4 heterocycles. The lowest BCUT2D eigenvalue weighted by molar-refractivity contribution is -0.482. The Balaban J connectivity index is 1.03. The van der Waals surface area contributed by atoms with Crippen LogP contribution in [0.4, 0.5) is 21.0 Å². The summed E-state index contributed by atoms with van der Waals surface area (Å²) < 4.78 is 30.5. The van der Waals surface area contributed by atoms with E-state index in [1.165, 1.54) is 28.7 Å². The molecule has 61 heavy (non-hydrogen) atoms. The Hall–Kier alpha value is -6.61. The molecule has 0 spiro atoms. The maximum absolute atomic E-state index is 14.1. The Labute approximate surface area is 354 Å². The average Bonchev–Trinajstić information content (AvgIpc) is 3.81. The van der Waals surface area contributed by atoms with Gasteiger partial charge in [-0.3, -0.25) is 9.59 Å². The normalized spacial score (nSPS) is 19.2. The summed E-state index contributed by atoms with van der Waals surface area (Å²) in [5.74, 6) is -0.0853. The number of nitrogens with zero attached hydrogens (tertiary/aromatic N) is 4. The molecule has 0 saturated carbocycles. The number of rotatable bonds is 13.